The van der Waals surface area contributed by atoms with Crippen molar-refractivity contribution < 1.29 is 18.1 Å². The van der Waals surface area contributed by atoms with Gasteiger partial charge in [-0.15, -0.1) is 0 Å². The average Bonchev–Trinajstić information content (AvgIpc) is 3.67. The molecule has 0 saturated carbocycles. The Morgan fingerprint density at radius 3 is 2.71 bits per heavy atom. The van der Waals surface area contributed by atoms with Crippen LogP contribution < -0.4 is 19.3 Å². The second-order valence-corrected chi connectivity index (χ2v) is 12.0. The van der Waals surface area contributed by atoms with Crippen LogP contribution in [0.3, 0.4) is 0 Å². The van der Waals surface area contributed by atoms with Gasteiger partial charge in [-0.2, -0.15) is 8.42 Å². The van der Waals surface area contributed by atoms with E-state index in [0.29, 0.717) is 46.1 Å². The van der Waals surface area contributed by atoms with Crippen molar-refractivity contribution in [3.05, 3.63) is 58.9 Å². The number of likely N-dealkylation sites (tertiary alicyclic amines) is 1. The Hall–Kier alpha value is -4.43. The number of likely N-dealkylation sites (N-methyl/N-ethyl adjacent to an activating group) is 1. The molecule has 4 heterocycles. The topological polar surface area (TPSA) is 139 Å². The number of rotatable bonds is 9. The van der Waals surface area contributed by atoms with E-state index in [4.69, 9.17) is 4.74 Å². The van der Waals surface area contributed by atoms with Crippen molar-refractivity contribution in [2.24, 2.45) is 0 Å². The fourth-order valence-electron chi connectivity index (χ4n) is 5.51. The Bertz CT molecular complexity index is 1770. The molecule has 4 aromatic rings. The summed E-state index contributed by atoms with van der Waals surface area (Å²) in [6.07, 6.45) is 5.46. The van der Waals surface area contributed by atoms with E-state index >= 15 is 0 Å². The van der Waals surface area contributed by atoms with E-state index < -0.39 is 15.1 Å². The maximum atomic E-state index is 12.9. The number of methoxy groups -OCH3 is 1. The van der Waals surface area contributed by atoms with Crippen LogP contribution in [0.25, 0.3) is 22.2 Å². The van der Waals surface area contributed by atoms with Crippen molar-refractivity contribution >= 4 is 49.8 Å². The number of anilines is 4. The first-order valence-corrected chi connectivity index (χ1v) is 14.6. The summed E-state index contributed by atoms with van der Waals surface area (Å²) in [6, 6.07) is 10.2. The van der Waals surface area contributed by atoms with E-state index in [1.165, 1.54) is 41.3 Å². The second-order valence-electron chi connectivity index (χ2n) is 10.1. The molecule has 0 spiro atoms. The number of para-hydroxylation sites is 1. The number of aromatic nitrogens is 3. The third-order valence-electron chi connectivity index (χ3n) is 7.74. The van der Waals surface area contributed by atoms with Gasteiger partial charge in [-0.25, -0.2) is 13.9 Å². The number of hydrogen-bond donors (Lipinski definition) is 1. The number of nitro groups is 1. The molecule has 0 amide bonds. The summed E-state index contributed by atoms with van der Waals surface area (Å²) < 4.78 is 34.0. The molecule has 2 aliphatic rings. The van der Waals surface area contributed by atoms with Crippen LogP contribution in [-0.4, -0.2) is 79.6 Å². The van der Waals surface area contributed by atoms with Gasteiger partial charge in [0.25, 0.3) is 5.69 Å². The average molecular weight is 579 g/mol. The molecule has 14 heteroatoms. The number of nitrogens with zero attached hydrogens (tertiary/aromatic N) is 7. The lowest BCUT2D eigenvalue weighted by atomic mass is 10.1. The number of ether oxygens (including phenoxy) is 1. The first-order chi connectivity index (χ1) is 19.7. The predicted octanol–water partition coefficient (Wildman–Crippen LogP) is 3.83. The van der Waals surface area contributed by atoms with Crippen LogP contribution in [0.1, 0.15) is 12.8 Å². The van der Waals surface area contributed by atoms with Gasteiger partial charge in [-0.3, -0.25) is 14.4 Å². The molecule has 41 heavy (non-hydrogen) atoms. The minimum absolute atomic E-state index is 0.0690. The van der Waals surface area contributed by atoms with E-state index in [2.05, 4.69) is 20.2 Å². The summed E-state index contributed by atoms with van der Waals surface area (Å²) in [5, 5.41) is 15.9. The van der Waals surface area contributed by atoms with E-state index in [-0.39, 0.29) is 11.6 Å². The summed E-state index contributed by atoms with van der Waals surface area (Å²) in [4.78, 5) is 24.8. The Kier molecular flexibility index (Phi) is 6.66. The lowest BCUT2D eigenvalue weighted by Crippen LogP contribution is -2.31. The minimum atomic E-state index is -3.72. The zero-order chi connectivity index (χ0) is 28.9. The lowest BCUT2D eigenvalue weighted by molar-refractivity contribution is -0.384. The summed E-state index contributed by atoms with van der Waals surface area (Å²) in [5.74, 6) is 0.580. The van der Waals surface area contributed by atoms with Gasteiger partial charge in [0.15, 0.2) is 0 Å². The second kappa shape index (κ2) is 10.2. The van der Waals surface area contributed by atoms with Crippen LogP contribution in [0.2, 0.25) is 0 Å². The zero-order valence-electron chi connectivity index (χ0n) is 22.9. The highest BCUT2D eigenvalue weighted by Gasteiger charge is 2.34. The van der Waals surface area contributed by atoms with Gasteiger partial charge in [0, 0.05) is 62.7 Å². The molecular weight excluding hydrogens is 548 g/mol. The van der Waals surface area contributed by atoms with Crippen molar-refractivity contribution in [3.63, 3.8) is 0 Å². The van der Waals surface area contributed by atoms with Gasteiger partial charge in [-0.1, -0.05) is 12.1 Å². The largest absolute Gasteiger partial charge is 0.494 e. The quantitative estimate of drug-likeness (QED) is 0.230. The lowest BCUT2D eigenvalue weighted by Gasteiger charge is -2.24. The Morgan fingerprint density at radius 1 is 1.20 bits per heavy atom. The molecule has 1 N–H and O–H groups in total. The maximum absolute atomic E-state index is 12.9. The van der Waals surface area contributed by atoms with E-state index in [1.54, 1.807) is 36.7 Å². The van der Waals surface area contributed by atoms with Gasteiger partial charge in [-0.05, 0) is 38.1 Å². The standard InChI is InChI=1S/C27H30N8O5S/c1-31(13-14-33-11-4-5-12-33)23-16-25(40-3)21(15-24(23)35(36)37)30-27-28-10-9-20(29-27)19-17-34-26-18(19)7-6-8-22(26)32(2)41(34,38)39/h6-10,15-17H,4-5,11-14H2,1-3H3,(H,28,29,30). The van der Waals surface area contributed by atoms with Gasteiger partial charge < -0.3 is 19.9 Å². The number of nitrogens with one attached hydrogen (secondary N) is 1. The van der Waals surface area contributed by atoms with Crippen molar-refractivity contribution in [1.82, 2.24) is 18.8 Å². The zero-order valence-corrected chi connectivity index (χ0v) is 23.8. The van der Waals surface area contributed by atoms with Crippen molar-refractivity contribution in [2.75, 3.05) is 61.9 Å². The van der Waals surface area contributed by atoms with Crippen LogP contribution in [0.5, 0.6) is 5.75 Å². The molecule has 214 valence electrons. The van der Waals surface area contributed by atoms with Crippen LogP contribution in [-0.2, 0) is 10.2 Å². The molecule has 13 nitrogen and oxygen atoms in total. The third kappa shape index (κ3) is 4.58. The van der Waals surface area contributed by atoms with Gasteiger partial charge >= 0.3 is 10.2 Å². The Morgan fingerprint density at radius 2 is 1.98 bits per heavy atom. The molecular formula is C27H30N8O5S. The van der Waals surface area contributed by atoms with Gasteiger partial charge in [0.1, 0.15) is 11.4 Å². The van der Waals surface area contributed by atoms with E-state index in [1.807, 2.05) is 18.0 Å². The van der Waals surface area contributed by atoms with Crippen LogP contribution in [0.15, 0.2) is 48.8 Å². The normalized spacial score (nSPS) is 15.9. The van der Waals surface area contributed by atoms with Crippen LogP contribution in [0.4, 0.5) is 28.7 Å². The first kappa shape index (κ1) is 26.8. The number of hydrogen-bond acceptors (Lipinski definition) is 10. The molecule has 2 aliphatic heterocycles. The first-order valence-electron chi connectivity index (χ1n) is 13.2. The highest BCUT2D eigenvalue weighted by molar-refractivity contribution is 7.91. The molecule has 6 rings (SSSR count). The van der Waals surface area contributed by atoms with Crippen molar-refractivity contribution in [2.45, 2.75) is 12.8 Å². The summed E-state index contributed by atoms with van der Waals surface area (Å²) in [5.41, 5.74) is 3.01. The number of benzene rings is 2. The number of nitro benzene ring substituents is 1. The van der Waals surface area contributed by atoms with Crippen LogP contribution >= 0.6 is 0 Å². The molecule has 2 aromatic carbocycles. The highest BCUT2D eigenvalue weighted by atomic mass is 32.2. The molecule has 0 bridgehead atoms. The predicted molar refractivity (Wildman–Crippen MR) is 158 cm³/mol. The fourth-order valence-corrected chi connectivity index (χ4v) is 6.83. The smallest absolute Gasteiger partial charge is 0.330 e. The monoisotopic (exact) mass is 578 g/mol. The molecule has 0 unspecified atom stereocenters. The van der Waals surface area contributed by atoms with Crippen molar-refractivity contribution in [3.8, 4) is 17.0 Å². The Balaban J connectivity index is 1.32. The van der Waals surface area contributed by atoms with Gasteiger partial charge in [0.2, 0.25) is 5.95 Å². The fraction of sp³-hybridized carbons (Fsp3) is 0.333. The molecule has 2 aromatic heterocycles. The van der Waals surface area contributed by atoms with E-state index in [0.717, 1.165) is 25.0 Å². The molecule has 0 atom stereocenters. The maximum Gasteiger partial charge on any atom is 0.330 e. The van der Waals surface area contributed by atoms with Crippen molar-refractivity contribution in [1.29, 1.82) is 0 Å². The molecule has 1 fully saturated rings. The summed E-state index contributed by atoms with van der Waals surface area (Å²) >= 11 is 0. The third-order valence-corrected chi connectivity index (χ3v) is 9.41. The highest BCUT2D eigenvalue weighted by Crippen LogP contribution is 2.42. The van der Waals surface area contributed by atoms with Gasteiger partial charge in [0.05, 0.1) is 34.6 Å². The van der Waals surface area contributed by atoms with Crippen LogP contribution in [0, 0.1) is 10.1 Å². The molecule has 1 saturated heterocycles. The Labute approximate surface area is 237 Å². The van der Waals surface area contributed by atoms with E-state index in [9.17, 15) is 18.5 Å². The minimum Gasteiger partial charge on any atom is -0.494 e. The molecule has 0 aliphatic carbocycles. The molecule has 0 radical (unpaired) electrons. The SMILES string of the molecule is COc1cc(N(C)CCN2CCCC2)c([N+](=O)[O-])cc1Nc1nccc(-c2cn3c4c(cccc24)N(C)S3(=O)=O)n1. The summed E-state index contributed by atoms with van der Waals surface area (Å²) in [7, 11) is 1.14. The summed E-state index contributed by atoms with van der Waals surface area (Å²) in [6.45, 7) is 3.57.